The van der Waals surface area contributed by atoms with Crippen molar-refractivity contribution in [1.82, 2.24) is 4.98 Å². The summed E-state index contributed by atoms with van der Waals surface area (Å²) in [6, 6.07) is 3.86. The van der Waals surface area contributed by atoms with Crippen molar-refractivity contribution in [3.05, 3.63) is 46.9 Å². The lowest BCUT2D eigenvalue weighted by Crippen LogP contribution is -2.31. The van der Waals surface area contributed by atoms with Crippen LogP contribution in [0.2, 0.25) is 5.02 Å². The van der Waals surface area contributed by atoms with Gasteiger partial charge in [0.2, 0.25) is 12.0 Å². The van der Waals surface area contributed by atoms with Gasteiger partial charge in [0.25, 0.3) is 0 Å². The number of hydrogen-bond donors (Lipinski definition) is 0. The van der Waals surface area contributed by atoms with Crippen molar-refractivity contribution in [2.24, 2.45) is 4.99 Å². The fourth-order valence-corrected chi connectivity index (χ4v) is 2.06. The van der Waals surface area contributed by atoms with Crippen LogP contribution in [-0.2, 0) is 10.7 Å². The molecular weight excluding hydrogens is 411 g/mol. The van der Waals surface area contributed by atoms with Gasteiger partial charge in [0, 0.05) is 17.8 Å². The number of alkyl halides is 5. The number of rotatable bonds is 5. The number of aromatic nitrogens is 1. The fourth-order valence-electron chi connectivity index (χ4n) is 1.64. The standard InChI is InChI=1S/C14H5Cl3F4N2O2/c15-9-3-7(13(19,20)14(16,17)21)5-22-12(9)25-8-1-2-11(23-6-24)10(18)4-8/h1-5H. The van der Waals surface area contributed by atoms with Crippen molar-refractivity contribution in [3.63, 3.8) is 0 Å². The molecule has 0 aliphatic rings. The van der Waals surface area contributed by atoms with Gasteiger partial charge in [-0.1, -0.05) is 34.8 Å². The molecule has 4 nitrogen and oxygen atoms in total. The third-order valence-electron chi connectivity index (χ3n) is 2.83. The van der Waals surface area contributed by atoms with Crippen molar-refractivity contribution in [3.8, 4) is 11.6 Å². The van der Waals surface area contributed by atoms with E-state index in [-0.39, 0.29) is 17.3 Å². The number of hydrogen-bond acceptors (Lipinski definition) is 4. The number of benzene rings is 1. The zero-order chi connectivity index (χ0) is 18.8. The normalized spacial score (nSPS) is 11.8. The number of aliphatic imine (C=N–C) groups is 1. The van der Waals surface area contributed by atoms with E-state index in [0.29, 0.717) is 12.3 Å². The molecule has 1 heterocycles. The molecule has 132 valence electrons. The molecule has 0 aliphatic heterocycles. The number of halogens is 7. The Bertz CT molecular complexity index is 852. The minimum atomic E-state index is -4.29. The topological polar surface area (TPSA) is 51.5 Å². The minimum Gasteiger partial charge on any atom is -0.437 e. The van der Waals surface area contributed by atoms with Gasteiger partial charge in [-0.05, 0) is 18.2 Å². The molecule has 2 aromatic rings. The average molecular weight is 416 g/mol. The van der Waals surface area contributed by atoms with Crippen LogP contribution in [-0.4, -0.2) is 15.7 Å². The predicted molar refractivity (Wildman–Crippen MR) is 82.9 cm³/mol. The Morgan fingerprint density at radius 1 is 1.20 bits per heavy atom. The first-order valence-corrected chi connectivity index (χ1v) is 7.35. The number of isocyanates is 1. The maximum absolute atomic E-state index is 13.7. The van der Waals surface area contributed by atoms with Gasteiger partial charge in [-0.2, -0.15) is 13.8 Å². The second-order valence-corrected chi connectivity index (χ2v) is 6.14. The third-order valence-corrected chi connectivity index (χ3v) is 3.57. The molecule has 0 fully saturated rings. The van der Waals surface area contributed by atoms with Crippen LogP contribution in [0.25, 0.3) is 0 Å². The summed E-state index contributed by atoms with van der Waals surface area (Å²) >= 11 is 15.4. The molecule has 0 unspecified atom stereocenters. The molecule has 0 saturated carbocycles. The van der Waals surface area contributed by atoms with Crippen LogP contribution >= 0.6 is 34.8 Å². The number of pyridine rings is 1. The van der Waals surface area contributed by atoms with Gasteiger partial charge in [0.1, 0.15) is 16.5 Å². The molecule has 0 aliphatic carbocycles. The Hall–Kier alpha value is -1.86. The van der Waals surface area contributed by atoms with E-state index in [1.54, 1.807) is 0 Å². The minimum absolute atomic E-state index is 0.106. The first-order valence-electron chi connectivity index (χ1n) is 6.22. The fraction of sp³-hybridized carbons (Fsp3) is 0.143. The monoisotopic (exact) mass is 414 g/mol. The molecule has 0 spiro atoms. The zero-order valence-electron chi connectivity index (χ0n) is 11.7. The van der Waals surface area contributed by atoms with Gasteiger partial charge in [0.05, 0.1) is 0 Å². The summed E-state index contributed by atoms with van der Waals surface area (Å²) in [6.45, 7) is 0. The molecule has 2 rings (SSSR count). The summed E-state index contributed by atoms with van der Waals surface area (Å²) in [7, 11) is 0. The lowest BCUT2D eigenvalue weighted by atomic mass is 10.1. The lowest BCUT2D eigenvalue weighted by Gasteiger charge is -2.22. The Morgan fingerprint density at radius 2 is 1.88 bits per heavy atom. The van der Waals surface area contributed by atoms with E-state index in [1.165, 1.54) is 12.1 Å². The summed E-state index contributed by atoms with van der Waals surface area (Å²) < 4.78 is 55.5. The molecular formula is C14H5Cl3F4N2O2. The smallest absolute Gasteiger partial charge is 0.336 e. The van der Waals surface area contributed by atoms with E-state index >= 15 is 0 Å². The molecule has 0 radical (unpaired) electrons. The maximum atomic E-state index is 13.7. The van der Waals surface area contributed by atoms with E-state index < -0.39 is 26.9 Å². The van der Waals surface area contributed by atoms with Gasteiger partial charge < -0.3 is 4.74 Å². The van der Waals surface area contributed by atoms with Crippen LogP contribution in [0.3, 0.4) is 0 Å². The number of ether oxygens (including phenoxy) is 1. The quantitative estimate of drug-likeness (QED) is 0.267. The van der Waals surface area contributed by atoms with Crippen molar-refractivity contribution in [1.29, 1.82) is 0 Å². The van der Waals surface area contributed by atoms with E-state index in [1.807, 2.05) is 0 Å². The first-order chi connectivity index (χ1) is 11.6. The molecule has 11 heteroatoms. The van der Waals surface area contributed by atoms with E-state index in [9.17, 15) is 22.4 Å². The van der Waals surface area contributed by atoms with Gasteiger partial charge >= 0.3 is 10.5 Å². The van der Waals surface area contributed by atoms with Crippen molar-refractivity contribution in [2.45, 2.75) is 10.5 Å². The highest BCUT2D eigenvalue weighted by molar-refractivity contribution is 6.47. The number of nitrogens with zero attached hydrogens (tertiary/aromatic N) is 2. The first kappa shape index (κ1) is 19.5. The van der Waals surface area contributed by atoms with E-state index in [2.05, 4.69) is 9.98 Å². The third kappa shape index (κ3) is 4.22. The van der Waals surface area contributed by atoms with Crippen LogP contribution in [0, 0.1) is 5.82 Å². The second-order valence-electron chi connectivity index (χ2n) is 4.50. The predicted octanol–water partition coefficient (Wildman–Crippen LogP) is 5.83. The maximum Gasteiger partial charge on any atom is 0.336 e. The SMILES string of the molecule is O=C=Nc1ccc(Oc2ncc(C(F)(F)C(F)(Cl)Cl)cc2Cl)cc1F. The van der Waals surface area contributed by atoms with Crippen LogP contribution in [0.4, 0.5) is 23.2 Å². The highest BCUT2D eigenvalue weighted by atomic mass is 35.5. The van der Waals surface area contributed by atoms with Gasteiger partial charge in [-0.15, -0.1) is 0 Å². The second kappa shape index (κ2) is 7.17. The van der Waals surface area contributed by atoms with Crippen LogP contribution < -0.4 is 4.74 Å². The van der Waals surface area contributed by atoms with E-state index in [4.69, 9.17) is 39.5 Å². The highest BCUT2D eigenvalue weighted by Gasteiger charge is 2.54. The molecule has 1 aromatic heterocycles. The molecule has 0 atom stereocenters. The summed E-state index contributed by atoms with van der Waals surface area (Å²) in [5.41, 5.74) is -1.26. The van der Waals surface area contributed by atoms with Gasteiger partial charge in [-0.3, -0.25) is 0 Å². The van der Waals surface area contributed by atoms with Crippen molar-refractivity contribution < 1.29 is 27.1 Å². The van der Waals surface area contributed by atoms with Crippen LogP contribution in [0.1, 0.15) is 5.56 Å². The lowest BCUT2D eigenvalue weighted by molar-refractivity contribution is -0.0653. The molecule has 0 amide bonds. The van der Waals surface area contributed by atoms with Gasteiger partial charge in [0.15, 0.2) is 5.82 Å². The number of carbonyl (C=O) groups excluding carboxylic acids is 1. The van der Waals surface area contributed by atoms with Crippen LogP contribution in [0.15, 0.2) is 35.5 Å². The Labute approximate surface area is 153 Å². The molecule has 1 aromatic carbocycles. The van der Waals surface area contributed by atoms with E-state index in [0.717, 1.165) is 12.1 Å². The summed E-state index contributed by atoms with van der Waals surface area (Å²) in [4.78, 5) is 16.7. The largest absolute Gasteiger partial charge is 0.437 e. The highest BCUT2D eigenvalue weighted by Crippen LogP contribution is 2.48. The molecule has 0 saturated heterocycles. The zero-order valence-corrected chi connectivity index (χ0v) is 14.0. The Kier molecular flexibility index (Phi) is 5.58. The average Bonchev–Trinajstić information content (AvgIpc) is 2.51. The summed E-state index contributed by atoms with van der Waals surface area (Å²) in [5, 5.41) is -0.426. The van der Waals surface area contributed by atoms with Gasteiger partial charge in [-0.25, -0.2) is 18.6 Å². The molecule has 25 heavy (non-hydrogen) atoms. The Balaban J connectivity index is 2.31. The molecule has 0 bridgehead atoms. The Morgan fingerprint density at radius 3 is 2.40 bits per heavy atom. The summed E-state index contributed by atoms with van der Waals surface area (Å²) in [5.74, 6) is -5.65. The van der Waals surface area contributed by atoms with Crippen LogP contribution in [0.5, 0.6) is 11.6 Å². The van der Waals surface area contributed by atoms with Crippen molar-refractivity contribution in [2.75, 3.05) is 0 Å². The molecule has 0 N–H and O–H groups in total. The van der Waals surface area contributed by atoms with Crippen molar-refractivity contribution >= 4 is 46.6 Å². The summed E-state index contributed by atoms with van der Waals surface area (Å²) in [6.07, 6.45) is 1.73.